The molecule has 0 atom stereocenters. The second-order valence-electron chi connectivity index (χ2n) is 5.69. The molecule has 2 aromatic heterocycles. The van der Waals surface area contributed by atoms with Gasteiger partial charge in [-0.15, -0.1) is 0 Å². The van der Waals surface area contributed by atoms with Crippen molar-refractivity contribution in [3.05, 3.63) is 64.2 Å². The lowest BCUT2D eigenvalue weighted by atomic mass is 10.2. The fourth-order valence-corrected chi connectivity index (χ4v) is 2.53. The summed E-state index contributed by atoms with van der Waals surface area (Å²) in [6.45, 7) is 2.35. The maximum Gasteiger partial charge on any atom is 0.251 e. The highest BCUT2D eigenvalue weighted by Gasteiger charge is 2.08. The van der Waals surface area contributed by atoms with Crippen molar-refractivity contribution in [2.75, 3.05) is 12.4 Å². The van der Waals surface area contributed by atoms with E-state index >= 15 is 0 Å². The lowest BCUT2D eigenvalue weighted by Crippen LogP contribution is -2.10. The van der Waals surface area contributed by atoms with Gasteiger partial charge in [0.05, 0.1) is 7.11 Å². The van der Waals surface area contributed by atoms with Gasteiger partial charge in [-0.05, 0) is 24.6 Å². The van der Waals surface area contributed by atoms with Crippen molar-refractivity contribution in [1.29, 1.82) is 0 Å². The summed E-state index contributed by atoms with van der Waals surface area (Å²) in [7, 11) is 1.51. The zero-order valence-corrected chi connectivity index (χ0v) is 14.6. The second-order valence-corrected chi connectivity index (χ2v) is 5.69. The Labute approximate surface area is 150 Å². The third-order valence-corrected chi connectivity index (χ3v) is 3.96. The molecule has 1 aromatic carbocycles. The number of nitrogens with zero attached hydrogens (tertiary/aromatic N) is 2. The van der Waals surface area contributed by atoms with E-state index in [2.05, 4.69) is 20.3 Å². The van der Waals surface area contributed by atoms with Gasteiger partial charge in [0, 0.05) is 35.6 Å². The Morgan fingerprint density at radius 3 is 2.81 bits per heavy atom. The van der Waals surface area contributed by atoms with Crippen LogP contribution in [0.15, 0.2) is 47.4 Å². The predicted molar refractivity (Wildman–Crippen MR) is 99.5 cm³/mol. The van der Waals surface area contributed by atoms with Gasteiger partial charge >= 0.3 is 0 Å². The quantitative estimate of drug-likeness (QED) is 0.631. The number of methoxy groups -OCH3 is 1. The lowest BCUT2D eigenvalue weighted by Gasteiger charge is -2.10. The topological polar surface area (TPSA) is 100 Å². The van der Waals surface area contributed by atoms with Gasteiger partial charge in [-0.3, -0.25) is 4.79 Å². The van der Waals surface area contributed by atoms with Crippen molar-refractivity contribution in [2.24, 2.45) is 0 Å². The van der Waals surface area contributed by atoms with Gasteiger partial charge in [0.1, 0.15) is 11.6 Å². The molecule has 0 saturated heterocycles. The van der Waals surface area contributed by atoms with E-state index in [0.717, 1.165) is 11.3 Å². The van der Waals surface area contributed by atoms with Gasteiger partial charge < -0.3 is 20.1 Å². The molecular weight excluding hydrogens is 332 g/mol. The molecule has 7 heteroatoms. The molecular formula is C19H20N4O3. The van der Waals surface area contributed by atoms with Crippen LogP contribution < -0.4 is 15.6 Å². The third-order valence-electron chi connectivity index (χ3n) is 3.96. The number of aromatic hydroxyl groups is 1. The Kier molecular flexibility index (Phi) is 5.17. The van der Waals surface area contributed by atoms with Crippen LogP contribution in [0.3, 0.4) is 0 Å². The summed E-state index contributed by atoms with van der Waals surface area (Å²) in [5, 5.41) is 13.3. The minimum absolute atomic E-state index is 0.109. The molecule has 0 saturated carbocycles. The molecule has 0 aliphatic carbocycles. The zero-order chi connectivity index (χ0) is 18.5. The number of rotatable bonds is 6. The van der Waals surface area contributed by atoms with E-state index in [1.54, 1.807) is 18.3 Å². The van der Waals surface area contributed by atoms with Crippen molar-refractivity contribution in [3.63, 3.8) is 0 Å². The number of phenolic OH excluding ortho intramolecular Hbond substituents is 1. The minimum atomic E-state index is -0.178. The average Bonchev–Trinajstić information content (AvgIpc) is 2.67. The molecule has 3 N–H and O–H groups in total. The summed E-state index contributed by atoms with van der Waals surface area (Å²) < 4.78 is 5.10. The van der Waals surface area contributed by atoms with Crippen molar-refractivity contribution in [2.45, 2.75) is 19.9 Å². The van der Waals surface area contributed by atoms with Gasteiger partial charge in [0.15, 0.2) is 11.5 Å². The third kappa shape index (κ3) is 3.83. The standard InChI is InChI=1S/C19H20N4O3/c1-3-14-9-17(24)23-19(22-14)13-7-8-16(21-11-13)20-10-12-5-4-6-15(26-2)18(12)25/h4-9,11,25H,3,10H2,1-2H3,(H,20,21)(H,22,23,24). The fraction of sp³-hybridized carbons (Fsp3) is 0.211. The molecule has 0 spiro atoms. The number of aromatic amines is 1. The maximum absolute atomic E-state index is 11.7. The summed E-state index contributed by atoms with van der Waals surface area (Å²) in [5.74, 6) is 1.68. The van der Waals surface area contributed by atoms with E-state index in [4.69, 9.17) is 4.74 Å². The molecule has 0 radical (unpaired) electrons. The molecule has 0 unspecified atom stereocenters. The Balaban J connectivity index is 1.74. The number of aromatic nitrogens is 3. The molecule has 0 aliphatic heterocycles. The number of nitrogens with one attached hydrogen (secondary N) is 2. The van der Waals surface area contributed by atoms with Gasteiger partial charge in [-0.1, -0.05) is 19.1 Å². The van der Waals surface area contributed by atoms with Crippen LogP contribution in [0, 0.1) is 0 Å². The molecule has 2 heterocycles. The van der Waals surface area contributed by atoms with Crippen molar-refractivity contribution in [1.82, 2.24) is 15.0 Å². The van der Waals surface area contributed by atoms with Crippen molar-refractivity contribution >= 4 is 5.82 Å². The Morgan fingerprint density at radius 2 is 2.12 bits per heavy atom. The first kappa shape index (κ1) is 17.5. The Hall–Kier alpha value is -3.35. The molecule has 7 nitrogen and oxygen atoms in total. The van der Waals surface area contributed by atoms with Crippen LogP contribution in [0.5, 0.6) is 11.5 Å². The highest BCUT2D eigenvalue weighted by molar-refractivity contribution is 5.56. The number of anilines is 1. The predicted octanol–water partition coefficient (Wildman–Crippen LogP) is 2.72. The highest BCUT2D eigenvalue weighted by atomic mass is 16.5. The Morgan fingerprint density at radius 1 is 1.27 bits per heavy atom. The number of phenols is 1. The van der Waals surface area contributed by atoms with E-state index in [-0.39, 0.29) is 11.3 Å². The SMILES string of the molecule is CCc1cc(=O)[nH]c(-c2ccc(NCc3cccc(OC)c3O)nc2)n1. The second kappa shape index (κ2) is 7.69. The normalized spacial score (nSPS) is 10.5. The first-order valence-corrected chi connectivity index (χ1v) is 8.26. The summed E-state index contributed by atoms with van der Waals surface area (Å²) in [4.78, 5) is 23.2. The number of ether oxygens (including phenoxy) is 1. The van der Waals surface area contributed by atoms with Gasteiger partial charge in [-0.25, -0.2) is 9.97 Å². The molecule has 0 fully saturated rings. The van der Waals surface area contributed by atoms with Gasteiger partial charge in [-0.2, -0.15) is 0 Å². The summed E-state index contributed by atoms with van der Waals surface area (Å²) in [6.07, 6.45) is 2.33. The molecule has 3 rings (SSSR count). The largest absolute Gasteiger partial charge is 0.504 e. The molecule has 3 aromatic rings. The van der Waals surface area contributed by atoms with E-state index in [1.807, 2.05) is 25.1 Å². The van der Waals surface area contributed by atoms with E-state index in [1.165, 1.54) is 13.2 Å². The first-order valence-electron chi connectivity index (χ1n) is 8.26. The molecule has 0 bridgehead atoms. The minimum Gasteiger partial charge on any atom is -0.504 e. The van der Waals surface area contributed by atoms with Crippen molar-refractivity contribution < 1.29 is 9.84 Å². The molecule has 26 heavy (non-hydrogen) atoms. The lowest BCUT2D eigenvalue weighted by molar-refractivity contribution is 0.371. The van der Waals surface area contributed by atoms with Crippen LogP contribution in [0.25, 0.3) is 11.4 Å². The number of para-hydroxylation sites is 1. The van der Waals surface area contributed by atoms with Crippen LogP contribution in [0.4, 0.5) is 5.82 Å². The summed E-state index contributed by atoms with van der Waals surface area (Å²) in [5.41, 5.74) is 1.99. The van der Waals surface area contributed by atoms with E-state index < -0.39 is 0 Å². The number of hydrogen-bond donors (Lipinski definition) is 3. The average molecular weight is 352 g/mol. The smallest absolute Gasteiger partial charge is 0.251 e. The van der Waals surface area contributed by atoms with Gasteiger partial charge in [0.2, 0.25) is 0 Å². The van der Waals surface area contributed by atoms with E-state index in [0.29, 0.717) is 35.9 Å². The number of hydrogen-bond acceptors (Lipinski definition) is 6. The molecule has 0 amide bonds. The van der Waals surface area contributed by atoms with Crippen LogP contribution in [0.1, 0.15) is 18.2 Å². The van der Waals surface area contributed by atoms with Crippen LogP contribution >= 0.6 is 0 Å². The highest BCUT2D eigenvalue weighted by Crippen LogP contribution is 2.29. The molecule has 134 valence electrons. The Bertz CT molecular complexity index is 952. The van der Waals surface area contributed by atoms with Crippen LogP contribution in [0.2, 0.25) is 0 Å². The van der Waals surface area contributed by atoms with E-state index in [9.17, 15) is 9.90 Å². The number of aryl methyl sites for hydroxylation is 1. The fourth-order valence-electron chi connectivity index (χ4n) is 2.53. The molecule has 0 aliphatic rings. The first-order chi connectivity index (χ1) is 12.6. The number of H-pyrrole nitrogens is 1. The van der Waals surface area contributed by atoms with Gasteiger partial charge in [0.25, 0.3) is 5.56 Å². The summed E-state index contributed by atoms with van der Waals surface area (Å²) >= 11 is 0. The van der Waals surface area contributed by atoms with Crippen LogP contribution in [-0.2, 0) is 13.0 Å². The monoisotopic (exact) mass is 352 g/mol. The zero-order valence-electron chi connectivity index (χ0n) is 14.6. The number of benzene rings is 1. The number of pyridine rings is 1. The van der Waals surface area contributed by atoms with Crippen molar-refractivity contribution in [3.8, 4) is 22.9 Å². The maximum atomic E-state index is 11.7. The van der Waals surface area contributed by atoms with Crippen LogP contribution in [-0.4, -0.2) is 27.2 Å². The summed E-state index contributed by atoms with van der Waals surface area (Å²) in [6, 6.07) is 10.4.